The van der Waals surface area contributed by atoms with Gasteiger partial charge in [-0.1, -0.05) is 48.5 Å². The highest BCUT2D eigenvalue weighted by Crippen LogP contribution is 2.36. The first-order valence-electron chi connectivity index (χ1n) is 18.6. The molecule has 0 spiro atoms. The first-order chi connectivity index (χ1) is 33.1. The molecule has 372 valence electrons. The Hall–Kier alpha value is -6.03. The van der Waals surface area contributed by atoms with Gasteiger partial charge in [-0.05, 0) is 59.2 Å². The summed E-state index contributed by atoms with van der Waals surface area (Å²) in [5.74, 6) is -72.1. The number of nitrogens with zero attached hydrogens (tertiary/aromatic N) is 1. The summed E-state index contributed by atoms with van der Waals surface area (Å²) in [7, 11) is 0. The molecule has 0 fully saturated rings. The number of fused-ring (bicyclic) bond motifs is 1. The normalized spacial score (nSPS) is 11.8. The summed E-state index contributed by atoms with van der Waals surface area (Å²) in [6.45, 7) is 0.0269. The molecule has 0 N–H and O–H groups in total. The number of ether oxygens (including phenoxy) is 1. The number of carbonyl (C=O) groups is 2. The highest BCUT2D eigenvalue weighted by Gasteiger charge is 2.52. The number of carbonyl (C=O) groups excluding carboxylic acids is 2. The van der Waals surface area contributed by atoms with Gasteiger partial charge in [0.1, 0.15) is 52.7 Å². The van der Waals surface area contributed by atoms with Crippen molar-refractivity contribution in [2.24, 2.45) is 0 Å². The minimum Gasteiger partial charge on any atom is -0.419 e. The molecule has 7 rings (SSSR count). The van der Waals surface area contributed by atoms with E-state index in [2.05, 4.69) is 47.8 Å². The zero-order chi connectivity index (χ0) is 53.1. The lowest BCUT2D eigenvalue weighted by molar-refractivity contribution is -0.684. The third-order valence-electron chi connectivity index (χ3n) is 10.5. The van der Waals surface area contributed by atoms with Crippen molar-refractivity contribution in [2.45, 2.75) is 8.87 Å². The van der Waals surface area contributed by atoms with Crippen molar-refractivity contribution in [3.8, 4) is 0 Å². The first kappa shape index (κ1) is 54.3. The fourth-order valence-corrected chi connectivity index (χ4v) is 7.96. The molecule has 0 unspecified atom stereocenters. The number of benzene rings is 6. The summed E-state index contributed by atoms with van der Waals surface area (Å²) >= 11 is 9.50. The lowest BCUT2D eigenvalue weighted by Crippen LogP contribution is -2.81. The largest absolute Gasteiger partial charge is 0.419 e. The molecule has 0 bridgehead atoms. The van der Waals surface area contributed by atoms with Gasteiger partial charge in [0.15, 0.2) is 76.0 Å². The lowest BCUT2D eigenvalue weighted by Gasteiger charge is -2.44. The Morgan fingerprint density at radius 3 is 1.04 bits per heavy atom. The van der Waals surface area contributed by atoms with Gasteiger partial charge in [-0.2, -0.15) is 4.57 Å². The van der Waals surface area contributed by atoms with E-state index in [9.17, 15) is 62.3 Å². The fourth-order valence-electron chi connectivity index (χ4n) is 7.51. The Morgan fingerprint density at radius 2 is 0.718 bits per heavy atom. The van der Waals surface area contributed by atoms with Gasteiger partial charge >= 0.3 is 5.97 Å². The highest BCUT2D eigenvalue weighted by atomic mass is 80.0. The number of hydrogen-bond donors (Lipinski definition) is 0. The van der Waals surface area contributed by atoms with Crippen LogP contribution in [0.5, 0.6) is 0 Å². The van der Waals surface area contributed by atoms with Crippen LogP contribution in [0.1, 0.15) is 20.8 Å². The van der Waals surface area contributed by atoms with Crippen LogP contribution in [0.4, 0.5) is 87.8 Å². The summed E-state index contributed by atoms with van der Waals surface area (Å²) < 4.78 is 300. The summed E-state index contributed by atoms with van der Waals surface area (Å²) in [6.07, 6.45) is -5.50. The number of aromatic nitrogens is 1. The van der Waals surface area contributed by atoms with E-state index in [1.807, 2.05) is 48.5 Å². The standard InChI is InChI=1S/C24BF20.C19H13Br3NO3/c26-5-1(6(27)14(35)21(42)13(5)34)25(2-7(28)15(36)22(43)16(37)8(2)29,3-9(30)17(38)23(44)18(39)10(3)31)4-11(32)19(40)24(45)20(41)12(4)33;20-19(21,22)26-18(25)17-15-9-5-4-6-13(15)10-11-23(17)12-16(24)14-7-2-1-3-8-14/h;1-11H,12H2/q-1;+1. The van der Waals surface area contributed by atoms with E-state index in [1.54, 1.807) is 22.9 Å². The maximum atomic E-state index is 15.4. The lowest BCUT2D eigenvalue weighted by atomic mass is 9.12. The molecule has 0 aliphatic carbocycles. The molecule has 0 amide bonds. The molecule has 0 atom stereocenters. The molecule has 7 aromatic rings. The van der Waals surface area contributed by atoms with E-state index >= 15 is 35.1 Å². The molecule has 0 aliphatic heterocycles. The van der Waals surface area contributed by atoms with Gasteiger partial charge in [-0.15, -0.1) is 21.9 Å². The van der Waals surface area contributed by atoms with Crippen molar-refractivity contribution in [2.75, 3.05) is 0 Å². The maximum Gasteiger partial charge on any atom is 0.407 e. The molecule has 0 saturated heterocycles. The summed E-state index contributed by atoms with van der Waals surface area (Å²) in [4.78, 5) is 25.4. The van der Waals surface area contributed by atoms with Crippen LogP contribution in [0, 0.1) is 116 Å². The molecule has 28 heteroatoms. The van der Waals surface area contributed by atoms with E-state index in [1.165, 1.54) is 0 Å². The summed E-state index contributed by atoms with van der Waals surface area (Å²) in [6, 6.07) is 18.3. The number of pyridine rings is 1. The van der Waals surface area contributed by atoms with E-state index < -0.39 is 153 Å². The second-order valence-electron chi connectivity index (χ2n) is 14.3. The number of halogens is 23. The second-order valence-corrected chi connectivity index (χ2v) is 20.8. The van der Waals surface area contributed by atoms with Crippen LogP contribution in [0.25, 0.3) is 10.8 Å². The quantitative estimate of drug-likeness (QED) is 0.0223. The smallest absolute Gasteiger partial charge is 0.407 e. The fraction of sp³-hybridized carbons (Fsp3) is 0.0465. The van der Waals surface area contributed by atoms with Crippen LogP contribution in [0.3, 0.4) is 0 Å². The topological polar surface area (TPSA) is 47.2 Å². The van der Waals surface area contributed by atoms with Crippen LogP contribution in [-0.4, -0.2) is 20.2 Å². The molecule has 0 radical (unpaired) electrons. The van der Waals surface area contributed by atoms with Gasteiger partial charge < -0.3 is 4.74 Å². The van der Waals surface area contributed by atoms with Gasteiger partial charge in [0.25, 0.3) is 8.02 Å². The van der Waals surface area contributed by atoms with Gasteiger partial charge in [-0.25, -0.2) is 92.6 Å². The van der Waals surface area contributed by atoms with Gasteiger partial charge in [-0.3, -0.25) is 4.79 Å². The molecule has 71 heavy (non-hydrogen) atoms. The third kappa shape index (κ3) is 9.25. The molecule has 1 heterocycles. The van der Waals surface area contributed by atoms with Crippen molar-refractivity contribution in [3.05, 3.63) is 194 Å². The second kappa shape index (κ2) is 20.2. The molecule has 0 saturated carbocycles. The van der Waals surface area contributed by atoms with E-state index in [4.69, 9.17) is 4.74 Å². The van der Waals surface area contributed by atoms with Crippen molar-refractivity contribution in [1.82, 2.24) is 0 Å². The molecule has 4 nitrogen and oxygen atoms in total. The van der Waals surface area contributed by atoms with Gasteiger partial charge in [0.2, 0.25) is 12.3 Å². The number of alkyl halides is 3. The number of esters is 1. The molecular weight excluding hydrogens is 1210 g/mol. The van der Waals surface area contributed by atoms with E-state index in [0.29, 0.717) is 16.6 Å². The number of ketones is 1. The minimum absolute atomic E-state index is 0.0269. The Balaban J connectivity index is 0.000000268. The van der Waals surface area contributed by atoms with E-state index in [0.717, 1.165) is 5.39 Å². The van der Waals surface area contributed by atoms with Crippen molar-refractivity contribution >= 4 is 98.3 Å². The van der Waals surface area contributed by atoms with Crippen molar-refractivity contribution < 1.29 is 107 Å². The monoisotopic (exact) mass is 1220 g/mol. The molecule has 1 aromatic heterocycles. The SMILES string of the molecule is Fc1c(F)c(F)c([B-](c2c(F)c(F)c(F)c(F)c2F)(c2c(F)c(F)c(F)c(F)c2F)c2c(F)c(F)c(F)c(F)c2F)c(F)c1F.O=C(C[n+]1ccc2ccccc2c1C(=O)OC(Br)(Br)Br)c1ccccc1. The van der Waals surface area contributed by atoms with Crippen LogP contribution >= 0.6 is 47.8 Å². The zero-order valence-corrected chi connectivity index (χ0v) is 38.3. The predicted octanol–water partition coefficient (Wildman–Crippen LogP) is 10.8. The van der Waals surface area contributed by atoms with Crippen LogP contribution in [-0.2, 0) is 11.3 Å². The summed E-state index contributed by atoms with van der Waals surface area (Å²) in [5, 5.41) is 1.59. The molecule has 6 aromatic carbocycles. The van der Waals surface area contributed by atoms with Gasteiger partial charge in [0, 0.05) is 11.6 Å². The zero-order valence-electron chi connectivity index (χ0n) is 33.5. The number of rotatable bonds is 8. The van der Waals surface area contributed by atoms with E-state index in [-0.39, 0.29) is 12.3 Å². The van der Waals surface area contributed by atoms with Crippen LogP contribution in [0.2, 0.25) is 0 Å². The van der Waals surface area contributed by atoms with Crippen molar-refractivity contribution in [3.63, 3.8) is 0 Å². The Kier molecular flexibility index (Phi) is 15.5. The van der Waals surface area contributed by atoms with Crippen LogP contribution in [0.15, 0.2) is 66.9 Å². The Morgan fingerprint density at radius 1 is 0.423 bits per heavy atom. The minimum atomic E-state index is -7.22. The Bertz CT molecular complexity index is 2980. The molecular formula is C43H13BBr3F20NO3. The van der Waals surface area contributed by atoms with Gasteiger partial charge in [0.05, 0.1) is 5.39 Å². The van der Waals surface area contributed by atoms with Crippen LogP contribution < -0.4 is 26.4 Å². The molecule has 0 aliphatic rings. The number of hydrogen-bond acceptors (Lipinski definition) is 3. The average Bonchev–Trinajstić information content (AvgIpc) is 3.33. The van der Waals surface area contributed by atoms with Crippen molar-refractivity contribution in [1.29, 1.82) is 0 Å². The number of Topliss-reactive ketones (excluding diaryl/α,β-unsaturated/α-hetero) is 1. The third-order valence-corrected chi connectivity index (χ3v) is 10.9. The summed E-state index contributed by atoms with van der Waals surface area (Å²) in [5.41, 5.74) is -13.4. The first-order valence-corrected chi connectivity index (χ1v) is 21.0. The highest BCUT2D eigenvalue weighted by molar-refractivity contribution is 9.39. The average molecular weight is 1220 g/mol. The Labute approximate surface area is 406 Å². The maximum absolute atomic E-state index is 15.4. The predicted molar refractivity (Wildman–Crippen MR) is 219 cm³/mol.